The van der Waals surface area contributed by atoms with Crippen molar-refractivity contribution in [1.29, 1.82) is 0 Å². The molecule has 3 nitrogen and oxygen atoms in total. The first kappa shape index (κ1) is 13.1. The number of hydrogen-bond acceptors (Lipinski definition) is 3. The Labute approximate surface area is 104 Å². The van der Waals surface area contributed by atoms with E-state index in [1.54, 1.807) is 0 Å². The molecule has 1 aliphatic heterocycles. The summed E-state index contributed by atoms with van der Waals surface area (Å²) in [7, 11) is 0. The van der Waals surface area contributed by atoms with E-state index >= 15 is 0 Å². The standard InChI is InChI=1S/C14H25NO2/c1-11-4-3-5-12(2)13(11)8-15-14(9-16)6-7-17-10-14/h4,12-13,15-16H,3,5-10H2,1-2H3/t12-,13-,14-/m0/s1. The van der Waals surface area contributed by atoms with Crippen LogP contribution in [0.25, 0.3) is 0 Å². The molecule has 0 unspecified atom stereocenters. The maximum atomic E-state index is 9.52. The molecule has 0 bridgehead atoms. The van der Waals surface area contributed by atoms with E-state index in [2.05, 4.69) is 25.2 Å². The molecule has 1 fully saturated rings. The van der Waals surface area contributed by atoms with Gasteiger partial charge in [0.25, 0.3) is 0 Å². The SMILES string of the molecule is CC1=CCC[C@H](C)[C@H]1CN[C@]1(CO)CCOC1. The zero-order chi connectivity index (χ0) is 12.3. The highest BCUT2D eigenvalue weighted by molar-refractivity contribution is 5.10. The van der Waals surface area contributed by atoms with Crippen LogP contribution in [0.1, 0.15) is 33.1 Å². The number of hydrogen-bond donors (Lipinski definition) is 2. The molecule has 2 N–H and O–H groups in total. The zero-order valence-corrected chi connectivity index (χ0v) is 11.0. The molecule has 0 aromatic rings. The van der Waals surface area contributed by atoms with E-state index < -0.39 is 0 Å². The van der Waals surface area contributed by atoms with Gasteiger partial charge in [-0.2, -0.15) is 0 Å². The molecule has 3 heteroatoms. The van der Waals surface area contributed by atoms with Gasteiger partial charge in [0.05, 0.1) is 18.8 Å². The number of ether oxygens (including phenoxy) is 1. The third-order valence-corrected chi connectivity index (χ3v) is 4.46. The van der Waals surface area contributed by atoms with E-state index in [9.17, 15) is 5.11 Å². The monoisotopic (exact) mass is 239 g/mol. The molecular formula is C14H25NO2. The van der Waals surface area contributed by atoms with Crippen molar-refractivity contribution in [2.24, 2.45) is 11.8 Å². The van der Waals surface area contributed by atoms with E-state index in [4.69, 9.17) is 4.74 Å². The van der Waals surface area contributed by atoms with E-state index in [-0.39, 0.29) is 12.1 Å². The minimum absolute atomic E-state index is 0.177. The van der Waals surface area contributed by atoms with Gasteiger partial charge in [-0.25, -0.2) is 0 Å². The molecule has 0 aromatic carbocycles. The minimum Gasteiger partial charge on any atom is -0.394 e. The first-order valence-electron chi connectivity index (χ1n) is 6.77. The minimum atomic E-state index is -0.183. The third kappa shape index (κ3) is 2.90. The van der Waals surface area contributed by atoms with Crippen LogP contribution in [-0.4, -0.2) is 37.0 Å². The van der Waals surface area contributed by atoms with Crippen molar-refractivity contribution in [2.75, 3.05) is 26.4 Å². The van der Waals surface area contributed by atoms with E-state index in [0.29, 0.717) is 12.5 Å². The number of rotatable bonds is 4. The lowest BCUT2D eigenvalue weighted by molar-refractivity contribution is 0.116. The molecule has 0 spiro atoms. The van der Waals surface area contributed by atoms with Crippen molar-refractivity contribution in [3.8, 4) is 0 Å². The van der Waals surface area contributed by atoms with Gasteiger partial charge < -0.3 is 15.2 Å². The Morgan fingerprint density at radius 1 is 1.59 bits per heavy atom. The largest absolute Gasteiger partial charge is 0.394 e. The molecule has 1 saturated heterocycles. The second kappa shape index (κ2) is 5.51. The summed E-state index contributed by atoms with van der Waals surface area (Å²) in [4.78, 5) is 0. The van der Waals surface area contributed by atoms with Crippen molar-refractivity contribution in [1.82, 2.24) is 5.32 Å². The van der Waals surface area contributed by atoms with Gasteiger partial charge in [0, 0.05) is 13.2 Å². The molecule has 2 rings (SSSR count). The second-order valence-corrected chi connectivity index (χ2v) is 5.73. The Morgan fingerprint density at radius 3 is 3.00 bits per heavy atom. The highest BCUT2D eigenvalue weighted by Crippen LogP contribution is 2.30. The summed E-state index contributed by atoms with van der Waals surface area (Å²) in [6.07, 6.45) is 5.79. The number of nitrogens with one attached hydrogen (secondary N) is 1. The number of aliphatic hydroxyl groups excluding tert-OH is 1. The second-order valence-electron chi connectivity index (χ2n) is 5.73. The van der Waals surface area contributed by atoms with Gasteiger partial charge >= 0.3 is 0 Å². The molecule has 0 amide bonds. The predicted octanol–water partition coefficient (Wildman–Crippen LogP) is 1.72. The summed E-state index contributed by atoms with van der Waals surface area (Å²) in [6.45, 7) is 7.12. The predicted molar refractivity (Wildman–Crippen MR) is 68.9 cm³/mol. The first-order valence-corrected chi connectivity index (χ1v) is 6.77. The van der Waals surface area contributed by atoms with Crippen LogP contribution in [0, 0.1) is 11.8 Å². The fraction of sp³-hybridized carbons (Fsp3) is 0.857. The number of aliphatic hydroxyl groups is 1. The lowest BCUT2D eigenvalue weighted by Gasteiger charge is -2.34. The van der Waals surface area contributed by atoms with Crippen LogP contribution >= 0.6 is 0 Å². The van der Waals surface area contributed by atoms with Gasteiger partial charge in [-0.15, -0.1) is 0 Å². The summed E-state index contributed by atoms with van der Waals surface area (Å²) in [5.41, 5.74) is 1.32. The fourth-order valence-electron chi connectivity index (χ4n) is 2.99. The lowest BCUT2D eigenvalue weighted by Crippen LogP contribution is -2.51. The highest BCUT2D eigenvalue weighted by atomic mass is 16.5. The topological polar surface area (TPSA) is 41.5 Å². The Bertz CT molecular complexity index is 282. The Kier molecular flexibility index (Phi) is 4.23. The molecule has 3 atom stereocenters. The molecule has 1 heterocycles. The summed E-state index contributed by atoms with van der Waals surface area (Å²) >= 11 is 0. The molecule has 0 radical (unpaired) electrons. The van der Waals surface area contributed by atoms with Crippen LogP contribution < -0.4 is 5.32 Å². The lowest BCUT2D eigenvalue weighted by atomic mass is 9.79. The van der Waals surface area contributed by atoms with Crippen LogP contribution in [0.5, 0.6) is 0 Å². The summed E-state index contributed by atoms with van der Waals surface area (Å²) in [5.74, 6) is 1.36. The fourth-order valence-corrected chi connectivity index (χ4v) is 2.99. The molecule has 98 valence electrons. The van der Waals surface area contributed by atoms with Gasteiger partial charge in [-0.05, 0) is 38.0 Å². The Morgan fingerprint density at radius 2 is 2.41 bits per heavy atom. The quantitative estimate of drug-likeness (QED) is 0.734. The van der Waals surface area contributed by atoms with Crippen molar-refractivity contribution < 1.29 is 9.84 Å². The summed E-state index contributed by atoms with van der Waals surface area (Å²) in [5, 5.41) is 13.1. The van der Waals surface area contributed by atoms with E-state index in [1.165, 1.54) is 18.4 Å². The van der Waals surface area contributed by atoms with Gasteiger partial charge in [0.1, 0.15) is 0 Å². The Hall–Kier alpha value is -0.380. The maximum Gasteiger partial charge on any atom is 0.0673 e. The summed E-state index contributed by atoms with van der Waals surface area (Å²) < 4.78 is 5.41. The van der Waals surface area contributed by atoms with E-state index in [1.807, 2.05) is 0 Å². The van der Waals surface area contributed by atoms with Crippen LogP contribution in [0.3, 0.4) is 0 Å². The molecule has 17 heavy (non-hydrogen) atoms. The average molecular weight is 239 g/mol. The van der Waals surface area contributed by atoms with Crippen molar-refractivity contribution >= 4 is 0 Å². The molecule has 0 aromatic heterocycles. The van der Waals surface area contributed by atoms with Gasteiger partial charge in [0.15, 0.2) is 0 Å². The number of allylic oxidation sites excluding steroid dienone is 1. The van der Waals surface area contributed by atoms with Crippen molar-refractivity contribution in [3.63, 3.8) is 0 Å². The molecule has 0 saturated carbocycles. The van der Waals surface area contributed by atoms with E-state index in [0.717, 1.165) is 25.5 Å². The highest BCUT2D eigenvalue weighted by Gasteiger charge is 2.35. The van der Waals surface area contributed by atoms with Crippen LogP contribution in [0.15, 0.2) is 11.6 Å². The maximum absolute atomic E-state index is 9.52. The zero-order valence-electron chi connectivity index (χ0n) is 11.0. The average Bonchev–Trinajstić information content (AvgIpc) is 2.78. The van der Waals surface area contributed by atoms with Crippen LogP contribution in [-0.2, 0) is 4.74 Å². The molecule has 1 aliphatic carbocycles. The van der Waals surface area contributed by atoms with Crippen LogP contribution in [0.2, 0.25) is 0 Å². The van der Waals surface area contributed by atoms with Crippen LogP contribution in [0.4, 0.5) is 0 Å². The van der Waals surface area contributed by atoms with Crippen molar-refractivity contribution in [2.45, 2.75) is 38.6 Å². The van der Waals surface area contributed by atoms with Crippen molar-refractivity contribution in [3.05, 3.63) is 11.6 Å². The van der Waals surface area contributed by atoms with Gasteiger partial charge in [0.2, 0.25) is 0 Å². The molecular weight excluding hydrogens is 214 g/mol. The summed E-state index contributed by atoms with van der Waals surface area (Å²) in [6, 6.07) is 0. The third-order valence-electron chi connectivity index (χ3n) is 4.46. The Balaban J connectivity index is 1.92. The smallest absolute Gasteiger partial charge is 0.0673 e. The van der Waals surface area contributed by atoms with Gasteiger partial charge in [-0.3, -0.25) is 0 Å². The molecule has 2 aliphatic rings. The normalized spacial score (nSPS) is 38.2. The van der Waals surface area contributed by atoms with Gasteiger partial charge in [-0.1, -0.05) is 18.6 Å². The first-order chi connectivity index (χ1) is 8.17.